The van der Waals surface area contributed by atoms with Crippen LogP contribution in [0, 0.1) is 6.92 Å². The van der Waals surface area contributed by atoms with Crippen LogP contribution in [0.2, 0.25) is 0 Å². The lowest BCUT2D eigenvalue weighted by molar-refractivity contribution is 0.603. The lowest BCUT2D eigenvalue weighted by Crippen LogP contribution is -2.11. The monoisotopic (exact) mass is 412 g/mol. The number of imidazole rings is 1. The van der Waals surface area contributed by atoms with Crippen molar-refractivity contribution in [3.05, 3.63) is 72.4 Å². The van der Waals surface area contributed by atoms with Crippen molar-refractivity contribution < 1.29 is 8.42 Å². The summed E-state index contributed by atoms with van der Waals surface area (Å²) in [7, 11) is -3.58. The highest BCUT2D eigenvalue weighted by Crippen LogP contribution is 2.24. The molecule has 0 aliphatic carbocycles. The van der Waals surface area contributed by atoms with Crippen LogP contribution in [0.15, 0.2) is 71.7 Å². The Morgan fingerprint density at radius 2 is 1.82 bits per heavy atom. The van der Waals surface area contributed by atoms with Crippen LogP contribution >= 0.6 is 11.3 Å². The minimum absolute atomic E-state index is 0.292. The Morgan fingerprint density at radius 1 is 1.04 bits per heavy atom. The Kier molecular flexibility index (Phi) is 4.80. The number of anilines is 3. The van der Waals surface area contributed by atoms with Gasteiger partial charge in [0, 0.05) is 34.7 Å². The first kappa shape index (κ1) is 18.1. The van der Waals surface area contributed by atoms with E-state index in [2.05, 4.69) is 25.0 Å². The van der Waals surface area contributed by atoms with Crippen molar-refractivity contribution in [3.63, 3.8) is 0 Å². The third kappa shape index (κ3) is 4.02. The van der Waals surface area contributed by atoms with Gasteiger partial charge in [-0.25, -0.2) is 23.4 Å². The summed E-state index contributed by atoms with van der Waals surface area (Å²) in [5.74, 6) is 1.30. The number of thiophene rings is 1. The van der Waals surface area contributed by atoms with Crippen molar-refractivity contribution in [2.75, 3.05) is 10.0 Å². The summed E-state index contributed by atoms with van der Waals surface area (Å²) in [5.41, 5.74) is 1.25. The van der Waals surface area contributed by atoms with Crippen molar-refractivity contribution in [2.24, 2.45) is 0 Å². The zero-order chi connectivity index (χ0) is 19.6. The third-order valence-corrected chi connectivity index (χ3v) is 6.69. The minimum Gasteiger partial charge on any atom is -0.340 e. The van der Waals surface area contributed by atoms with Crippen LogP contribution in [0.3, 0.4) is 0 Å². The molecule has 0 fully saturated rings. The predicted molar refractivity (Wildman–Crippen MR) is 109 cm³/mol. The van der Waals surface area contributed by atoms with Gasteiger partial charge in [0.25, 0.3) is 10.0 Å². The maximum atomic E-state index is 12.4. The van der Waals surface area contributed by atoms with Crippen LogP contribution in [0.1, 0.15) is 4.88 Å². The molecule has 2 N–H and O–H groups in total. The Morgan fingerprint density at radius 3 is 2.50 bits per heavy atom. The van der Waals surface area contributed by atoms with Crippen LogP contribution in [0.5, 0.6) is 0 Å². The van der Waals surface area contributed by atoms with E-state index in [0.29, 0.717) is 21.5 Å². The maximum absolute atomic E-state index is 12.4. The molecule has 0 aliphatic rings. The van der Waals surface area contributed by atoms with Gasteiger partial charge in [0.15, 0.2) is 0 Å². The molecule has 0 saturated carbocycles. The molecule has 0 radical (unpaired) electrons. The zero-order valence-electron chi connectivity index (χ0n) is 14.8. The second-order valence-electron chi connectivity index (χ2n) is 5.90. The van der Waals surface area contributed by atoms with Crippen molar-refractivity contribution in [3.8, 4) is 5.82 Å². The quantitative estimate of drug-likeness (QED) is 0.502. The Balaban J connectivity index is 1.47. The Hall–Kier alpha value is -3.24. The van der Waals surface area contributed by atoms with Crippen LogP contribution in [0.25, 0.3) is 5.82 Å². The number of benzene rings is 1. The molecule has 0 aliphatic heterocycles. The normalized spacial score (nSPS) is 11.3. The Bertz CT molecular complexity index is 1190. The summed E-state index contributed by atoms with van der Waals surface area (Å²) in [4.78, 5) is 13.4. The second kappa shape index (κ2) is 7.41. The topological polar surface area (TPSA) is 102 Å². The molecule has 4 rings (SSSR count). The SMILES string of the molecule is Cc1ccc(S(=O)(=O)Nc2ccc(Nc3cc(-n4ccnc4)ncn3)cc2)s1. The first-order valence-corrected chi connectivity index (χ1v) is 10.6. The molecule has 3 heterocycles. The van der Waals surface area contributed by atoms with Gasteiger partial charge in [-0.1, -0.05) is 0 Å². The number of nitrogens with zero attached hydrogens (tertiary/aromatic N) is 4. The predicted octanol–water partition coefficient (Wildman–Crippen LogP) is 3.58. The molecular weight excluding hydrogens is 396 g/mol. The number of aryl methyl sites for hydroxylation is 1. The van der Waals surface area contributed by atoms with Gasteiger partial charge < -0.3 is 5.32 Å². The van der Waals surface area contributed by atoms with Gasteiger partial charge in [0.2, 0.25) is 0 Å². The van der Waals surface area contributed by atoms with Crippen molar-refractivity contribution >= 4 is 38.6 Å². The van der Waals surface area contributed by atoms with E-state index in [0.717, 1.165) is 10.6 Å². The van der Waals surface area contributed by atoms with Gasteiger partial charge in [-0.15, -0.1) is 11.3 Å². The molecule has 0 unspecified atom stereocenters. The maximum Gasteiger partial charge on any atom is 0.271 e. The molecule has 28 heavy (non-hydrogen) atoms. The van der Waals surface area contributed by atoms with Crippen LogP contribution in [-0.4, -0.2) is 27.9 Å². The van der Waals surface area contributed by atoms with E-state index in [1.807, 2.05) is 6.92 Å². The smallest absolute Gasteiger partial charge is 0.271 e. The second-order valence-corrected chi connectivity index (χ2v) is 9.10. The lowest BCUT2D eigenvalue weighted by Gasteiger charge is -2.09. The summed E-state index contributed by atoms with van der Waals surface area (Å²) in [6.45, 7) is 1.87. The fourth-order valence-electron chi connectivity index (χ4n) is 2.48. The number of sulfonamides is 1. The van der Waals surface area contributed by atoms with Crippen LogP contribution in [0.4, 0.5) is 17.2 Å². The van der Waals surface area contributed by atoms with Gasteiger partial charge >= 0.3 is 0 Å². The van der Waals surface area contributed by atoms with Crippen LogP contribution in [-0.2, 0) is 10.0 Å². The molecule has 4 aromatic rings. The van der Waals surface area contributed by atoms with E-state index in [1.54, 1.807) is 65.8 Å². The largest absolute Gasteiger partial charge is 0.340 e. The molecule has 10 heteroatoms. The summed E-state index contributed by atoms with van der Waals surface area (Å²) in [6, 6.07) is 12.1. The van der Waals surface area contributed by atoms with Crippen molar-refractivity contribution in [2.45, 2.75) is 11.1 Å². The highest BCUT2D eigenvalue weighted by Gasteiger charge is 2.16. The highest BCUT2D eigenvalue weighted by molar-refractivity contribution is 7.94. The van der Waals surface area contributed by atoms with E-state index in [9.17, 15) is 8.42 Å². The van der Waals surface area contributed by atoms with E-state index < -0.39 is 10.0 Å². The number of rotatable bonds is 6. The molecule has 0 saturated heterocycles. The van der Waals surface area contributed by atoms with E-state index in [1.165, 1.54) is 17.7 Å². The summed E-state index contributed by atoms with van der Waals surface area (Å²) >= 11 is 1.24. The molecular formula is C18H16N6O2S2. The molecule has 3 aromatic heterocycles. The number of aromatic nitrogens is 4. The van der Waals surface area contributed by atoms with E-state index >= 15 is 0 Å². The van der Waals surface area contributed by atoms with E-state index in [-0.39, 0.29) is 0 Å². The molecule has 8 nitrogen and oxygen atoms in total. The number of hydrogen-bond donors (Lipinski definition) is 2. The molecule has 0 amide bonds. The fraction of sp³-hybridized carbons (Fsp3) is 0.0556. The molecule has 142 valence electrons. The lowest BCUT2D eigenvalue weighted by atomic mass is 10.3. The molecule has 0 atom stereocenters. The van der Waals surface area contributed by atoms with Gasteiger partial charge in [0.05, 0.1) is 0 Å². The van der Waals surface area contributed by atoms with Crippen molar-refractivity contribution in [1.29, 1.82) is 0 Å². The number of nitrogens with one attached hydrogen (secondary N) is 2. The molecule has 0 spiro atoms. The Labute approximate surface area is 166 Å². The number of hydrogen-bond acceptors (Lipinski definition) is 7. The summed E-state index contributed by atoms with van der Waals surface area (Å²) in [5, 5.41) is 3.17. The minimum atomic E-state index is -3.58. The fourth-order valence-corrected chi connectivity index (χ4v) is 4.82. The standard InChI is InChI=1S/C18H16N6O2S2/c1-13-2-7-18(27-13)28(25,26)23-15-5-3-14(4-6-15)22-16-10-17(21-11-20-16)24-9-8-19-12-24/h2-12,23H,1H3,(H,20,21,22). The van der Waals surface area contributed by atoms with Gasteiger partial charge in [-0.3, -0.25) is 9.29 Å². The van der Waals surface area contributed by atoms with Gasteiger partial charge in [-0.05, 0) is 43.3 Å². The highest BCUT2D eigenvalue weighted by atomic mass is 32.2. The zero-order valence-corrected chi connectivity index (χ0v) is 16.4. The molecule has 1 aromatic carbocycles. The first-order valence-electron chi connectivity index (χ1n) is 8.26. The molecule has 0 bridgehead atoms. The first-order chi connectivity index (χ1) is 13.5. The summed E-state index contributed by atoms with van der Waals surface area (Å²) < 4.78 is 29.5. The van der Waals surface area contributed by atoms with Gasteiger partial charge in [-0.2, -0.15) is 0 Å². The van der Waals surface area contributed by atoms with Gasteiger partial charge in [0.1, 0.15) is 28.5 Å². The average molecular weight is 413 g/mol. The van der Waals surface area contributed by atoms with Crippen molar-refractivity contribution in [1.82, 2.24) is 19.5 Å². The van der Waals surface area contributed by atoms with E-state index in [4.69, 9.17) is 0 Å². The third-order valence-electron chi connectivity index (χ3n) is 3.81. The summed E-state index contributed by atoms with van der Waals surface area (Å²) in [6.07, 6.45) is 6.58. The van der Waals surface area contributed by atoms with Crippen LogP contribution < -0.4 is 10.0 Å². The average Bonchev–Trinajstić information content (AvgIpc) is 3.35.